The topological polar surface area (TPSA) is 24.9 Å². The largest absolute Gasteiger partial charge is 0.416 e. The molecule has 25 heavy (non-hydrogen) atoms. The summed E-state index contributed by atoms with van der Waals surface area (Å²) < 4.78 is 38.5. The molecule has 0 unspecified atom stereocenters. The average molecular weight is 362 g/mol. The molecule has 2 aromatic carbocycles. The predicted octanol–water partition coefficient (Wildman–Crippen LogP) is 6.50. The van der Waals surface area contributed by atoms with E-state index < -0.39 is 11.7 Å². The molecule has 0 aliphatic carbocycles. The summed E-state index contributed by atoms with van der Waals surface area (Å²) in [5.41, 5.74) is 3.85. The summed E-state index contributed by atoms with van der Waals surface area (Å²) in [4.78, 5) is 5.61. The van der Waals surface area contributed by atoms with Gasteiger partial charge in [-0.25, -0.2) is 4.98 Å². The molecule has 0 fully saturated rings. The second-order valence-electron chi connectivity index (χ2n) is 5.95. The third-order valence-corrected chi connectivity index (χ3v) is 4.77. The molecule has 3 rings (SSSR count). The number of anilines is 2. The van der Waals surface area contributed by atoms with Crippen LogP contribution in [0.5, 0.6) is 0 Å². The van der Waals surface area contributed by atoms with Crippen LogP contribution in [0.3, 0.4) is 0 Å². The quantitative estimate of drug-likeness (QED) is 0.575. The number of aryl methyl sites for hydroxylation is 3. The van der Waals surface area contributed by atoms with E-state index in [4.69, 9.17) is 0 Å². The number of halogens is 3. The van der Waals surface area contributed by atoms with Crippen LogP contribution in [-0.4, -0.2) is 4.98 Å². The number of nitrogens with one attached hydrogen (secondary N) is 1. The minimum Gasteiger partial charge on any atom is -0.332 e. The van der Waals surface area contributed by atoms with Gasteiger partial charge >= 0.3 is 6.18 Å². The van der Waals surface area contributed by atoms with Gasteiger partial charge in [-0.1, -0.05) is 23.8 Å². The monoisotopic (exact) mass is 362 g/mol. The molecule has 0 saturated carbocycles. The zero-order valence-corrected chi connectivity index (χ0v) is 14.8. The predicted molar refractivity (Wildman–Crippen MR) is 96.5 cm³/mol. The molecule has 0 atom stereocenters. The van der Waals surface area contributed by atoms with E-state index in [1.54, 1.807) is 6.07 Å². The van der Waals surface area contributed by atoms with Crippen molar-refractivity contribution in [3.63, 3.8) is 0 Å². The lowest BCUT2D eigenvalue weighted by Gasteiger charge is -2.09. The van der Waals surface area contributed by atoms with Crippen molar-refractivity contribution in [2.45, 2.75) is 26.9 Å². The fraction of sp³-hybridized carbons (Fsp3) is 0.211. The maximum Gasteiger partial charge on any atom is 0.416 e. The maximum atomic E-state index is 12.8. The van der Waals surface area contributed by atoms with Crippen LogP contribution in [0.2, 0.25) is 0 Å². The van der Waals surface area contributed by atoms with Crippen molar-refractivity contribution in [2.75, 3.05) is 5.32 Å². The van der Waals surface area contributed by atoms with Crippen molar-refractivity contribution in [3.05, 3.63) is 64.0 Å². The molecule has 0 spiro atoms. The Morgan fingerprint density at radius 2 is 1.76 bits per heavy atom. The van der Waals surface area contributed by atoms with E-state index >= 15 is 0 Å². The second-order valence-corrected chi connectivity index (χ2v) is 7.15. The van der Waals surface area contributed by atoms with Crippen LogP contribution >= 0.6 is 11.3 Å². The lowest BCUT2D eigenvalue weighted by atomic mass is 10.0. The third-order valence-electron chi connectivity index (χ3n) is 3.89. The number of hydrogen-bond acceptors (Lipinski definition) is 3. The molecule has 0 amide bonds. The highest BCUT2D eigenvalue weighted by Crippen LogP contribution is 2.35. The summed E-state index contributed by atoms with van der Waals surface area (Å²) in [5, 5.41) is 3.57. The van der Waals surface area contributed by atoms with Crippen molar-refractivity contribution >= 4 is 22.2 Å². The number of benzene rings is 2. The fourth-order valence-corrected chi connectivity index (χ4v) is 3.44. The van der Waals surface area contributed by atoms with Crippen LogP contribution in [0.4, 0.5) is 24.0 Å². The van der Waals surface area contributed by atoms with E-state index in [1.165, 1.54) is 17.4 Å². The maximum absolute atomic E-state index is 12.8. The molecule has 130 valence electrons. The van der Waals surface area contributed by atoms with Gasteiger partial charge < -0.3 is 5.32 Å². The Hall–Kier alpha value is -2.34. The Balaban J connectivity index is 1.92. The number of rotatable bonds is 3. The summed E-state index contributed by atoms with van der Waals surface area (Å²) in [6, 6.07) is 11.3. The molecule has 0 bridgehead atoms. The van der Waals surface area contributed by atoms with Crippen molar-refractivity contribution in [1.29, 1.82) is 0 Å². The van der Waals surface area contributed by atoms with Gasteiger partial charge in [-0.15, -0.1) is 11.3 Å². The summed E-state index contributed by atoms with van der Waals surface area (Å²) >= 11 is 1.43. The molecule has 1 aromatic heterocycles. The zero-order chi connectivity index (χ0) is 18.2. The van der Waals surface area contributed by atoms with Gasteiger partial charge in [0.2, 0.25) is 0 Å². The number of alkyl halides is 3. The minimum absolute atomic E-state index is 0.371. The van der Waals surface area contributed by atoms with Crippen LogP contribution in [0.15, 0.2) is 42.5 Å². The van der Waals surface area contributed by atoms with Gasteiger partial charge in [0.1, 0.15) is 0 Å². The van der Waals surface area contributed by atoms with Gasteiger partial charge in [-0.05, 0) is 50.6 Å². The molecular formula is C19H17F3N2S. The number of thiazole rings is 1. The number of aromatic nitrogens is 1. The molecule has 6 heteroatoms. The Kier molecular flexibility index (Phi) is 4.56. The van der Waals surface area contributed by atoms with Crippen LogP contribution in [-0.2, 0) is 6.18 Å². The molecule has 0 aliphatic rings. The Morgan fingerprint density at radius 3 is 2.48 bits per heavy atom. The first-order valence-corrected chi connectivity index (χ1v) is 8.55. The van der Waals surface area contributed by atoms with Gasteiger partial charge in [-0.2, -0.15) is 13.2 Å². The Morgan fingerprint density at radius 1 is 1.00 bits per heavy atom. The van der Waals surface area contributed by atoms with Crippen LogP contribution in [0.1, 0.15) is 21.6 Å². The first-order chi connectivity index (χ1) is 11.7. The normalized spacial score (nSPS) is 11.6. The summed E-state index contributed by atoms with van der Waals surface area (Å²) in [6.45, 7) is 6.01. The van der Waals surface area contributed by atoms with Gasteiger partial charge in [0.05, 0.1) is 11.3 Å². The second kappa shape index (κ2) is 6.52. The summed E-state index contributed by atoms with van der Waals surface area (Å²) in [7, 11) is 0. The fourth-order valence-electron chi connectivity index (χ4n) is 2.59. The van der Waals surface area contributed by atoms with Gasteiger partial charge in [0, 0.05) is 16.1 Å². The standard InChI is InChI=1S/C19H17F3N2S/c1-11-7-8-12(2)16(9-11)17-13(3)25-18(24-17)23-15-6-4-5-14(10-15)19(20,21)22/h4-10H,1-3H3,(H,23,24). The van der Waals surface area contributed by atoms with E-state index in [0.717, 1.165) is 39.4 Å². The lowest BCUT2D eigenvalue weighted by molar-refractivity contribution is -0.137. The first-order valence-electron chi connectivity index (χ1n) is 7.73. The van der Waals surface area contributed by atoms with Gasteiger partial charge in [0.25, 0.3) is 0 Å². The third kappa shape index (κ3) is 3.85. The highest BCUT2D eigenvalue weighted by molar-refractivity contribution is 7.16. The SMILES string of the molecule is Cc1ccc(C)c(-c2nc(Nc3cccc(C(F)(F)F)c3)sc2C)c1. The van der Waals surface area contributed by atoms with Crippen molar-refractivity contribution in [3.8, 4) is 11.3 Å². The van der Waals surface area contributed by atoms with E-state index in [0.29, 0.717) is 10.8 Å². The molecule has 0 saturated heterocycles. The highest BCUT2D eigenvalue weighted by Gasteiger charge is 2.30. The van der Waals surface area contributed by atoms with Crippen molar-refractivity contribution in [2.24, 2.45) is 0 Å². The molecule has 1 heterocycles. The highest BCUT2D eigenvalue weighted by atomic mass is 32.1. The van der Waals surface area contributed by atoms with Crippen LogP contribution in [0.25, 0.3) is 11.3 Å². The molecule has 3 aromatic rings. The number of hydrogen-bond donors (Lipinski definition) is 1. The summed E-state index contributed by atoms with van der Waals surface area (Å²) in [6.07, 6.45) is -4.36. The lowest BCUT2D eigenvalue weighted by Crippen LogP contribution is -2.05. The minimum atomic E-state index is -4.36. The van der Waals surface area contributed by atoms with Gasteiger partial charge in [-0.3, -0.25) is 0 Å². The van der Waals surface area contributed by atoms with Crippen molar-refractivity contribution < 1.29 is 13.2 Å². The van der Waals surface area contributed by atoms with Crippen LogP contribution < -0.4 is 5.32 Å². The van der Waals surface area contributed by atoms with E-state index in [1.807, 2.05) is 32.9 Å². The Labute approximate surface area is 148 Å². The number of nitrogens with zero attached hydrogens (tertiary/aromatic N) is 1. The molecular weight excluding hydrogens is 345 g/mol. The van der Waals surface area contributed by atoms with Gasteiger partial charge in [0.15, 0.2) is 5.13 Å². The van der Waals surface area contributed by atoms with Crippen LogP contribution in [0, 0.1) is 20.8 Å². The summed E-state index contributed by atoms with van der Waals surface area (Å²) in [5.74, 6) is 0. The average Bonchev–Trinajstić information content (AvgIpc) is 2.89. The smallest absolute Gasteiger partial charge is 0.332 e. The molecule has 0 radical (unpaired) electrons. The molecule has 2 nitrogen and oxygen atoms in total. The van der Waals surface area contributed by atoms with E-state index in [9.17, 15) is 13.2 Å². The molecule has 1 N–H and O–H groups in total. The Bertz CT molecular complexity index is 913. The van der Waals surface area contributed by atoms with E-state index in [-0.39, 0.29) is 0 Å². The molecule has 0 aliphatic heterocycles. The zero-order valence-electron chi connectivity index (χ0n) is 14.0. The first kappa shape index (κ1) is 17.5. The van der Waals surface area contributed by atoms with E-state index in [2.05, 4.69) is 16.4 Å². The van der Waals surface area contributed by atoms with Crippen molar-refractivity contribution in [1.82, 2.24) is 4.98 Å².